The molecule has 3 aromatic rings. The fourth-order valence-corrected chi connectivity index (χ4v) is 4.39. The number of fused-ring (bicyclic) bond motifs is 2. The maximum Gasteiger partial charge on any atom is 0.0745 e. The summed E-state index contributed by atoms with van der Waals surface area (Å²) < 4.78 is 0. The largest absolute Gasteiger partial charge is 0.384 e. The normalized spacial score (nSPS) is 13.2. The van der Waals surface area contributed by atoms with E-state index in [1.807, 2.05) is 18.2 Å². The second-order valence-corrected chi connectivity index (χ2v) is 8.30. The number of para-hydroxylation sites is 1. The van der Waals surface area contributed by atoms with Gasteiger partial charge in [-0.1, -0.05) is 29.8 Å². The van der Waals surface area contributed by atoms with E-state index < -0.39 is 0 Å². The predicted molar refractivity (Wildman–Crippen MR) is 119 cm³/mol. The van der Waals surface area contributed by atoms with Crippen LogP contribution in [0, 0.1) is 0 Å². The minimum absolute atomic E-state index is 0.520. The number of nitrogens with one attached hydrogen (secondary N) is 1. The summed E-state index contributed by atoms with van der Waals surface area (Å²) in [6, 6.07) is 15.8. The van der Waals surface area contributed by atoms with Gasteiger partial charge >= 0.3 is 0 Å². The van der Waals surface area contributed by atoms with Gasteiger partial charge in [-0.2, -0.15) is 0 Å². The van der Waals surface area contributed by atoms with Crippen molar-refractivity contribution in [2.45, 2.75) is 59.2 Å². The molecule has 1 aromatic heterocycles. The summed E-state index contributed by atoms with van der Waals surface area (Å²) in [6.07, 6.45) is 1.09. The second kappa shape index (κ2) is 8.45. The van der Waals surface area contributed by atoms with Gasteiger partial charge in [0.1, 0.15) is 0 Å². The molecule has 0 aliphatic heterocycles. The lowest BCUT2D eigenvalue weighted by Gasteiger charge is -2.36. The standard InChI is InChI=1S/C23H30ClN3/c1-15(2)27(16(3)4)17(5)12-13-25-23-19-8-6-7-9-21(19)26-22-14-18(24)10-11-20(22)23/h6-11,14-17H,12-13H2,1-5H3,(H,25,26). The summed E-state index contributed by atoms with van der Waals surface area (Å²) >= 11 is 6.20. The summed E-state index contributed by atoms with van der Waals surface area (Å²) in [4.78, 5) is 7.36. The number of halogens is 1. The van der Waals surface area contributed by atoms with E-state index in [-0.39, 0.29) is 0 Å². The Morgan fingerprint density at radius 2 is 1.59 bits per heavy atom. The van der Waals surface area contributed by atoms with Crippen LogP contribution in [0.2, 0.25) is 5.02 Å². The number of pyridine rings is 1. The van der Waals surface area contributed by atoms with Crippen molar-refractivity contribution in [2.75, 3.05) is 11.9 Å². The smallest absolute Gasteiger partial charge is 0.0745 e. The molecule has 1 heterocycles. The molecule has 3 nitrogen and oxygen atoms in total. The van der Waals surface area contributed by atoms with Gasteiger partial charge in [-0.25, -0.2) is 4.98 Å². The van der Waals surface area contributed by atoms with E-state index >= 15 is 0 Å². The summed E-state index contributed by atoms with van der Waals surface area (Å²) in [5.41, 5.74) is 3.08. The highest BCUT2D eigenvalue weighted by Crippen LogP contribution is 2.32. The van der Waals surface area contributed by atoms with Crippen LogP contribution < -0.4 is 5.32 Å². The molecule has 0 radical (unpaired) electrons. The van der Waals surface area contributed by atoms with Crippen LogP contribution in [-0.2, 0) is 0 Å². The van der Waals surface area contributed by atoms with Crippen LogP contribution in [0.25, 0.3) is 21.8 Å². The summed E-state index contributed by atoms with van der Waals surface area (Å²) in [7, 11) is 0. The first-order chi connectivity index (χ1) is 12.9. The van der Waals surface area contributed by atoms with Crippen molar-refractivity contribution in [3.05, 3.63) is 47.5 Å². The van der Waals surface area contributed by atoms with Crippen LogP contribution in [0.15, 0.2) is 42.5 Å². The van der Waals surface area contributed by atoms with Gasteiger partial charge in [-0.3, -0.25) is 4.90 Å². The molecule has 0 saturated carbocycles. The molecule has 4 heteroatoms. The molecule has 1 unspecified atom stereocenters. The molecular formula is C23H30ClN3. The van der Waals surface area contributed by atoms with Crippen LogP contribution >= 0.6 is 11.6 Å². The van der Waals surface area contributed by atoms with Gasteiger partial charge in [0.15, 0.2) is 0 Å². The van der Waals surface area contributed by atoms with E-state index in [9.17, 15) is 0 Å². The van der Waals surface area contributed by atoms with Crippen molar-refractivity contribution >= 4 is 39.1 Å². The number of rotatable bonds is 7. The molecule has 0 saturated heterocycles. The topological polar surface area (TPSA) is 28.2 Å². The molecule has 144 valence electrons. The van der Waals surface area contributed by atoms with Crippen LogP contribution in [0.5, 0.6) is 0 Å². The van der Waals surface area contributed by atoms with Gasteiger partial charge in [-0.15, -0.1) is 0 Å². The third-order valence-corrected chi connectivity index (χ3v) is 5.44. The molecule has 27 heavy (non-hydrogen) atoms. The Morgan fingerprint density at radius 1 is 0.926 bits per heavy atom. The fourth-order valence-electron chi connectivity index (χ4n) is 4.23. The first-order valence-electron chi connectivity index (χ1n) is 9.87. The molecule has 0 bridgehead atoms. The Kier molecular flexibility index (Phi) is 6.23. The first-order valence-corrected chi connectivity index (χ1v) is 10.3. The number of anilines is 1. The maximum atomic E-state index is 6.20. The summed E-state index contributed by atoms with van der Waals surface area (Å²) in [5, 5.41) is 6.70. The zero-order valence-corrected chi connectivity index (χ0v) is 17.7. The van der Waals surface area contributed by atoms with E-state index in [0.29, 0.717) is 18.1 Å². The predicted octanol–water partition coefficient (Wildman–Crippen LogP) is 6.35. The summed E-state index contributed by atoms with van der Waals surface area (Å²) in [6.45, 7) is 12.3. The van der Waals surface area contributed by atoms with E-state index in [1.165, 1.54) is 0 Å². The van der Waals surface area contributed by atoms with Gasteiger partial charge in [-0.05, 0) is 65.3 Å². The van der Waals surface area contributed by atoms with Crippen molar-refractivity contribution in [2.24, 2.45) is 0 Å². The minimum Gasteiger partial charge on any atom is -0.384 e. The van der Waals surface area contributed by atoms with Gasteiger partial charge in [0, 0.05) is 40.5 Å². The van der Waals surface area contributed by atoms with E-state index in [4.69, 9.17) is 16.6 Å². The van der Waals surface area contributed by atoms with E-state index in [0.717, 1.165) is 45.5 Å². The zero-order chi connectivity index (χ0) is 19.6. The molecule has 0 aliphatic carbocycles. The minimum atomic E-state index is 0.520. The zero-order valence-electron chi connectivity index (χ0n) is 17.0. The number of nitrogens with zero attached hydrogens (tertiary/aromatic N) is 2. The number of hydrogen-bond donors (Lipinski definition) is 1. The quantitative estimate of drug-likeness (QED) is 0.481. The Morgan fingerprint density at radius 3 is 2.30 bits per heavy atom. The van der Waals surface area contributed by atoms with Crippen molar-refractivity contribution < 1.29 is 0 Å². The van der Waals surface area contributed by atoms with Crippen molar-refractivity contribution in [1.29, 1.82) is 0 Å². The van der Waals surface area contributed by atoms with Crippen molar-refractivity contribution in [3.63, 3.8) is 0 Å². The summed E-state index contributed by atoms with van der Waals surface area (Å²) in [5.74, 6) is 0. The Balaban J connectivity index is 1.87. The Labute approximate surface area is 167 Å². The second-order valence-electron chi connectivity index (χ2n) is 7.86. The number of hydrogen-bond acceptors (Lipinski definition) is 3. The molecule has 1 N–H and O–H groups in total. The Bertz CT molecular complexity index is 912. The average molecular weight is 384 g/mol. The first kappa shape index (κ1) is 19.9. The van der Waals surface area contributed by atoms with Gasteiger partial charge in [0.2, 0.25) is 0 Å². The molecule has 3 rings (SSSR count). The van der Waals surface area contributed by atoms with E-state index in [2.05, 4.69) is 69.1 Å². The van der Waals surface area contributed by atoms with Crippen LogP contribution in [0.4, 0.5) is 5.69 Å². The van der Waals surface area contributed by atoms with E-state index in [1.54, 1.807) is 0 Å². The molecule has 0 spiro atoms. The highest BCUT2D eigenvalue weighted by molar-refractivity contribution is 6.31. The van der Waals surface area contributed by atoms with Crippen LogP contribution in [0.3, 0.4) is 0 Å². The number of aromatic nitrogens is 1. The third-order valence-electron chi connectivity index (χ3n) is 5.21. The lowest BCUT2D eigenvalue weighted by Crippen LogP contribution is -2.44. The highest BCUT2D eigenvalue weighted by Gasteiger charge is 2.20. The van der Waals surface area contributed by atoms with Crippen LogP contribution in [-0.4, -0.2) is 34.6 Å². The Hall–Kier alpha value is -1.84. The lowest BCUT2D eigenvalue weighted by molar-refractivity contribution is 0.119. The van der Waals surface area contributed by atoms with Gasteiger partial charge in [0.25, 0.3) is 0 Å². The molecule has 0 amide bonds. The third kappa shape index (κ3) is 4.36. The monoisotopic (exact) mass is 383 g/mol. The molecule has 1 atom stereocenters. The van der Waals surface area contributed by atoms with Crippen LogP contribution in [0.1, 0.15) is 41.0 Å². The molecule has 2 aromatic carbocycles. The lowest BCUT2D eigenvalue weighted by atomic mass is 10.1. The van der Waals surface area contributed by atoms with Gasteiger partial charge < -0.3 is 5.32 Å². The average Bonchev–Trinajstić information content (AvgIpc) is 2.60. The molecule has 0 aliphatic rings. The number of benzene rings is 2. The van der Waals surface area contributed by atoms with Gasteiger partial charge in [0.05, 0.1) is 16.7 Å². The molecule has 0 fully saturated rings. The SMILES string of the molecule is CC(C)N(C(C)C)C(C)CCNc1c2ccccc2nc2cc(Cl)ccc12. The fraction of sp³-hybridized carbons (Fsp3) is 0.435. The highest BCUT2D eigenvalue weighted by atomic mass is 35.5. The molecular weight excluding hydrogens is 354 g/mol. The maximum absolute atomic E-state index is 6.20. The van der Waals surface area contributed by atoms with Crippen molar-refractivity contribution in [1.82, 2.24) is 9.88 Å². The van der Waals surface area contributed by atoms with Crippen molar-refractivity contribution in [3.8, 4) is 0 Å².